The van der Waals surface area contributed by atoms with Crippen LogP contribution in [-0.4, -0.2) is 68.7 Å². The quantitative estimate of drug-likeness (QED) is 0.240. The van der Waals surface area contributed by atoms with E-state index in [0.29, 0.717) is 34.6 Å². The van der Waals surface area contributed by atoms with Crippen LogP contribution in [0.3, 0.4) is 0 Å². The van der Waals surface area contributed by atoms with Crippen LogP contribution in [0.4, 0.5) is 5.69 Å². The van der Waals surface area contributed by atoms with Crippen molar-refractivity contribution < 1.29 is 9.53 Å². The van der Waals surface area contributed by atoms with Crippen molar-refractivity contribution in [1.82, 2.24) is 24.0 Å². The summed E-state index contributed by atoms with van der Waals surface area (Å²) in [5.41, 5.74) is 12.6. The molecule has 2 aliphatic carbocycles. The minimum atomic E-state index is 0.0106. The number of nitriles is 1. The highest BCUT2D eigenvalue weighted by atomic mass is 16.5. The van der Waals surface area contributed by atoms with Gasteiger partial charge in [0.05, 0.1) is 35.8 Å². The van der Waals surface area contributed by atoms with Crippen LogP contribution in [0.5, 0.6) is 5.75 Å². The molecule has 5 aromatic rings. The normalized spacial score (nSPS) is 23.4. The number of likely N-dealkylation sites (tertiary alicyclic amines) is 1. The molecule has 9 rings (SSSR count). The molecule has 5 heterocycles. The monoisotopic (exact) mass is 640 g/mol. The summed E-state index contributed by atoms with van der Waals surface area (Å²) >= 11 is 0. The summed E-state index contributed by atoms with van der Waals surface area (Å²) in [6.07, 6.45) is 9.02. The van der Waals surface area contributed by atoms with Crippen molar-refractivity contribution in [2.24, 2.45) is 23.5 Å². The zero-order valence-corrected chi connectivity index (χ0v) is 27.3. The van der Waals surface area contributed by atoms with Crippen molar-refractivity contribution in [3.63, 3.8) is 0 Å². The molecule has 48 heavy (non-hydrogen) atoms. The van der Waals surface area contributed by atoms with Gasteiger partial charge >= 0.3 is 0 Å². The summed E-state index contributed by atoms with van der Waals surface area (Å²) < 4.78 is 10.9. The number of hydrogen-bond donors (Lipinski definition) is 1. The lowest BCUT2D eigenvalue weighted by atomic mass is 10.1. The zero-order chi connectivity index (χ0) is 32.5. The third kappa shape index (κ3) is 4.83. The average molecular weight is 641 g/mol. The maximum Gasteiger partial charge on any atom is 0.254 e. The highest BCUT2D eigenvalue weighted by molar-refractivity contribution is 6.00. The van der Waals surface area contributed by atoms with Crippen molar-refractivity contribution in [3.8, 4) is 23.3 Å². The van der Waals surface area contributed by atoms with Gasteiger partial charge in [-0.2, -0.15) is 5.26 Å². The van der Waals surface area contributed by atoms with Crippen LogP contribution in [0.2, 0.25) is 0 Å². The van der Waals surface area contributed by atoms with Crippen molar-refractivity contribution >= 4 is 33.5 Å². The smallest absolute Gasteiger partial charge is 0.254 e. The number of fused-ring (bicyclic) bond motifs is 4. The maximum atomic E-state index is 14.0. The van der Waals surface area contributed by atoms with E-state index in [0.717, 1.165) is 80.2 Å². The number of methoxy groups -OCH3 is 1. The number of nitrogens with zero attached hydrogens (tertiary/aromatic N) is 7. The number of pyridine rings is 1. The fourth-order valence-electron chi connectivity index (χ4n) is 8.62. The molecule has 2 aliphatic heterocycles. The number of hydrogen-bond acceptors (Lipinski definition) is 7. The number of para-hydroxylation sites is 1. The topological polar surface area (TPSA) is 118 Å². The van der Waals surface area contributed by atoms with E-state index < -0.39 is 0 Å². The molecule has 2 saturated heterocycles. The van der Waals surface area contributed by atoms with Gasteiger partial charge in [0, 0.05) is 67.5 Å². The molecule has 4 fully saturated rings. The molecule has 2 aromatic carbocycles. The van der Waals surface area contributed by atoms with E-state index in [4.69, 9.17) is 15.5 Å². The number of anilines is 1. The number of nitrogens with two attached hydrogens (primary N) is 1. The Morgan fingerprint density at radius 1 is 1.00 bits per heavy atom. The van der Waals surface area contributed by atoms with Gasteiger partial charge in [0.1, 0.15) is 17.3 Å². The molecule has 2 bridgehead atoms. The van der Waals surface area contributed by atoms with Crippen LogP contribution in [0.1, 0.15) is 48.0 Å². The Hall–Kier alpha value is -4.88. The Kier molecular flexibility index (Phi) is 6.94. The highest BCUT2D eigenvalue weighted by Gasteiger charge is 2.47. The minimum absolute atomic E-state index is 0.0106. The molecule has 1 amide bonds. The van der Waals surface area contributed by atoms with E-state index in [9.17, 15) is 10.1 Å². The van der Waals surface area contributed by atoms with Gasteiger partial charge in [-0.25, -0.2) is 4.98 Å². The number of ether oxygens (including phenoxy) is 1. The first kappa shape index (κ1) is 29.3. The Morgan fingerprint density at radius 3 is 2.62 bits per heavy atom. The maximum absolute atomic E-state index is 14.0. The number of benzene rings is 2. The molecule has 0 radical (unpaired) electrons. The van der Waals surface area contributed by atoms with Crippen LogP contribution >= 0.6 is 0 Å². The SMILES string of the molecule is COc1cc(C(=O)N2C[C@H]3CC[C@@H]2[C@@H]3N)cc2nc(-c3cc4ccccc4n3CC3CC3)n(C[C@H]3CCN(c4cncc(C#N)c4)C3)c12. The van der Waals surface area contributed by atoms with Gasteiger partial charge in [0.15, 0.2) is 5.82 Å². The zero-order valence-electron chi connectivity index (χ0n) is 27.3. The number of amides is 1. The fraction of sp³-hybridized carbons (Fsp3) is 0.421. The second-order valence-corrected chi connectivity index (χ2v) is 14.3. The molecule has 4 atom stereocenters. The van der Waals surface area contributed by atoms with Crippen LogP contribution < -0.4 is 15.4 Å². The molecule has 3 aromatic heterocycles. The summed E-state index contributed by atoms with van der Waals surface area (Å²) in [5.74, 6) is 2.97. The molecular formula is C38H40N8O2. The number of rotatable bonds is 8. The molecular weight excluding hydrogens is 600 g/mol. The van der Waals surface area contributed by atoms with E-state index >= 15 is 0 Å². The average Bonchev–Trinajstić information content (AvgIpc) is 3.43. The molecule has 2 N–H and O–H groups in total. The highest BCUT2D eigenvalue weighted by Crippen LogP contribution is 2.41. The fourth-order valence-corrected chi connectivity index (χ4v) is 8.62. The Morgan fingerprint density at radius 2 is 1.85 bits per heavy atom. The van der Waals surface area contributed by atoms with Crippen molar-refractivity contribution in [2.75, 3.05) is 31.6 Å². The summed E-state index contributed by atoms with van der Waals surface area (Å²) in [5, 5.41) is 10.6. The van der Waals surface area contributed by atoms with E-state index in [2.05, 4.69) is 55.4 Å². The van der Waals surface area contributed by atoms with Gasteiger partial charge in [-0.3, -0.25) is 9.78 Å². The van der Waals surface area contributed by atoms with Crippen molar-refractivity contribution in [2.45, 2.75) is 57.3 Å². The standard InChI is InChI=1S/C38H40N8O2/c1-48-34-15-28(38(47)45-22-27-8-9-32(45)35(27)40)13-30-36(34)46(21-24-10-11-43(19-24)29-12-25(16-39)17-41-18-29)37(42-30)33-14-26-4-2-3-5-31(26)44(33)20-23-6-7-23/h2-5,12-15,17-18,23-24,27,32,35H,6-11,19-22,40H2,1H3/t24-,27+,32+,35+/m0/s1. The lowest BCUT2D eigenvalue weighted by molar-refractivity contribution is 0.0700. The van der Waals surface area contributed by atoms with Gasteiger partial charge in [-0.15, -0.1) is 0 Å². The van der Waals surface area contributed by atoms with E-state index in [1.807, 2.05) is 29.3 Å². The van der Waals surface area contributed by atoms with E-state index in [-0.39, 0.29) is 18.0 Å². The third-order valence-electron chi connectivity index (χ3n) is 11.3. The Labute approximate surface area is 279 Å². The van der Waals surface area contributed by atoms with Crippen LogP contribution in [0.15, 0.2) is 60.9 Å². The summed E-state index contributed by atoms with van der Waals surface area (Å²) in [6, 6.07) is 19.0. The molecule has 10 heteroatoms. The Bertz CT molecular complexity index is 2100. The predicted molar refractivity (Wildman–Crippen MR) is 185 cm³/mol. The van der Waals surface area contributed by atoms with Gasteiger partial charge in [-0.05, 0) is 80.2 Å². The number of carbonyl (C=O) groups is 1. The molecule has 244 valence electrons. The van der Waals surface area contributed by atoms with Gasteiger partial charge in [0.2, 0.25) is 0 Å². The largest absolute Gasteiger partial charge is 0.494 e. The van der Waals surface area contributed by atoms with Gasteiger partial charge in [0.25, 0.3) is 5.91 Å². The van der Waals surface area contributed by atoms with Gasteiger partial charge < -0.3 is 29.4 Å². The molecule has 0 spiro atoms. The predicted octanol–water partition coefficient (Wildman–Crippen LogP) is 5.43. The molecule has 0 unspecified atom stereocenters. The summed E-state index contributed by atoms with van der Waals surface area (Å²) in [6.45, 7) is 4.16. The first-order valence-electron chi connectivity index (χ1n) is 17.3. The number of aromatic nitrogens is 4. The lowest BCUT2D eigenvalue weighted by Gasteiger charge is -2.27. The second-order valence-electron chi connectivity index (χ2n) is 14.3. The lowest BCUT2D eigenvalue weighted by Crippen LogP contribution is -2.41. The first-order valence-corrected chi connectivity index (χ1v) is 17.3. The minimum Gasteiger partial charge on any atom is -0.494 e. The number of carbonyl (C=O) groups excluding carboxylic acids is 1. The first-order chi connectivity index (χ1) is 23.5. The second kappa shape index (κ2) is 11.4. The number of piperidine rings is 1. The van der Waals surface area contributed by atoms with Crippen LogP contribution in [-0.2, 0) is 13.1 Å². The van der Waals surface area contributed by atoms with Crippen molar-refractivity contribution in [3.05, 3.63) is 72.1 Å². The van der Waals surface area contributed by atoms with Crippen molar-refractivity contribution in [1.29, 1.82) is 5.26 Å². The molecule has 4 aliphatic rings. The third-order valence-corrected chi connectivity index (χ3v) is 11.3. The Balaban J connectivity index is 1.15. The van der Waals surface area contributed by atoms with E-state index in [1.54, 1.807) is 13.3 Å². The van der Waals surface area contributed by atoms with Crippen LogP contribution in [0, 0.1) is 29.1 Å². The summed E-state index contributed by atoms with van der Waals surface area (Å²) in [7, 11) is 1.68. The molecule has 2 saturated carbocycles. The number of imidazole rings is 1. The summed E-state index contributed by atoms with van der Waals surface area (Å²) in [4.78, 5) is 28.0. The molecule has 10 nitrogen and oxygen atoms in total. The van der Waals surface area contributed by atoms with E-state index in [1.165, 1.54) is 23.7 Å². The van der Waals surface area contributed by atoms with Gasteiger partial charge in [-0.1, -0.05) is 18.2 Å². The van der Waals surface area contributed by atoms with Crippen LogP contribution in [0.25, 0.3) is 33.5 Å².